The van der Waals surface area contributed by atoms with Crippen LogP contribution in [0.2, 0.25) is 0 Å². The first-order valence-corrected chi connectivity index (χ1v) is 9.90. The molecule has 0 radical (unpaired) electrons. The number of hydrazone groups is 2. The van der Waals surface area contributed by atoms with Gasteiger partial charge in [-0.15, -0.1) is 5.10 Å². The summed E-state index contributed by atoms with van der Waals surface area (Å²) in [6.07, 6.45) is 3.20. The molecule has 0 unspecified atom stereocenters. The van der Waals surface area contributed by atoms with E-state index in [9.17, 15) is 9.59 Å². The number of carbonyl (C=O) groups excluding carboxylic acids is 2. The molecule has 0 saturated heterocycles. The molecule has 0 atom stereocenters. The van der Waals surface area contributed by atoms with Crippen molar-refractivity contribution >= 4 is 35.4 Å². The van der Waals surface area contributed by atoms with E-state index >= 15 is 0 Å². The Labute approximate surface area is 186 Å². The number of nitrogens with one attached hydrogen (secondary N) is 3. The summed E-state index contributed by atoms with van der Waals surface area (Å²) in [5.41, 5.74) is 16.9. The molecule has 0 aromatic carbocycles. The lowest BCUT2D eigenvalue weighted by Crippen LogP contribution is -2.29. The summed E-state index contributed by atoms with van der Waals surface area (Å²) in [6.45, 7) is 0. The van der Waals surface area contributed by atoms with Crippen LogP contribution in [0.25, 0.3) is 0 Å². The number of aromatic nitrogens is 3. The largest absolute Gasteiger partial charge is 0.380 e. The summed E-state index contributed by atoms with van der Waals surface area (Å²) < 4.78 is 0. The van der Waals surface area contributed by atoms with Crippen molar-refractivity contribution in [1.29, 1.82) is 0 Å². The highest BCUT2D eigenvalue weighted by atomic mass is 32.2. The van der Waals surface area contributed by atoms with Gasteiger partial charge in [-0.1, -0.05) is 6.07 Å². The van der Waals surface area contributed by atoms with Gasteiger partial charge in [0.2, 0.25) is 11.5 Å². The van der Waals surface area contributed by atoms with Crippen molar-refractivity contribution in [2.45, 2.75) is 4.90 Å². The third-order valence-corrected chi connectivity index (χ3v) is 4.38. The Hall–Kier alpha value is -4.36. The van der Waals surface area contributed by atoms with Gasteiger partial charge in [0, 0.05) is 23.2 Å². The first-order valence-electron chi connectivity index (χ1n) is 9.02. The highest BCUT2D eigenvalue weighted by Gasteiger charge is 2.16. The fourth-order valence-corrected chi connectivity index (χ4v) is 2.69. The molecule has 3 aromatic heterocycles. The third kappa shape index (κ3) is 5.84. The second kappa shape index (κ2) is 10.6. The SMILES string of the molecule is NSc1cc(C(=O)NN=C(N)c2ccccn2)nc(C(=O)NN=C(N)c2cccc[nH+]2)c1. The number of hydrogen-bond acceptors (Lipinski definition) is 8. The lowest BCUT2D eigenvalue weighted by atomic mass is 10.3. The first kappa shape index (κ1) is 22.3. The van der Waals surface area contributed by atoms with Gasteiger partial charge in [0.05, 0.1) is 0 Å². The number of carbonyl (C=O) groups is 2. The molecule has 0 aliphatic rings. The number of H-pyrrole nitrogens is 1. The Balaban J connectivity index is 1.76. The van der Waals surface area contributed by atoms with Crippen LogP contribution in [0.4, 0.5) is 0 Å². The quantitative estimate of drug-likeness (QED) is 0.135. The monoisotopic (exact) mass is 451 g/mol. The van der Waals surface area contributed by atoms with E-state index in [0.29, 0.717) is 16.3 Å². The van der Waals surface area contributed by atoms with Gasteiger partial charge in [-0.05, 0) is 42.3 Å². The van der Waals surface area contributed by atoms with Gasteiger partial charge < -0.3 is 11.5 Å². The molecule has 0 saturated carbocycles. The molecule has 32 heavy (non-hydrogen) atoms. The molecule has 0 fully saturated rings. The van der Waals surface area contributed by atoms with Gasteiger partial charge in [0.25, 0.3) is 11.8 Å². The molecular formula is C19H19N10O2S+. The molecule has 162 valence electrons. The Bertz CT molecular complexity index is 1080. The van der Waals surface area contributed by atoms with E-state index in [-0.39, 0.29) is 23.1 Å². The van der Waals surface area contributed by atoms with Crippen LogP contribution in [0, 0.1) is 0 Å². The average molecular weight is 451 g/mol. The summed E-state index contributed by atoms with van der Waals surface area (Å²) in [6, 6.07) is 13.1. The molecule has 3 rings (SSSR count). The zero-order valence-electron chi connectivity index (χ0n) is 16.5. The second-order valence-electron chi connectivity index (χ2n) is 6.06. The van der Waals surface area contributed by atoms with Crippen LogP contribution in [0.5, 0.6) is 0 Å². The van der Waals surface area contributed by atoms with Crippen LogP contribution in [-0.4, -0.2) is 33.5 Å². The Morgan fingerprint density at radius 1 is 0.906 bits per heavy atom. The number of rotatable bonds is 7. The number of amides is 2. The van der Waals surface area contributed by atoms with Crippen LogP contribution >= 0.6 is 11.9 Å². The zero-order valence-corrected chi connectivity index (χ0v) is 17.3. The summed E-state index contributed by atoms with van der Waals surface area (Å²) in [4.78, 5) is 36.4. The number of amidine groups is 2. The minimum Gasteiger partial charge on any atom is -0.380 e. The van der Waals surface area contributed by atoms with Crippen molar-refractivity contribution in [1.82, 2.24) is 20.8 Å². The molecule has 0 bridgehead atoms. The maximum atomic E-state index is 12.5. The predicted molar refractivity (Wildman–Crippen MR) is 118 cm³/mol. The minimum absolute atomic E-state index is 0.00352. The molecule has 13 heteroatoms. The van der Waals surface area contributed by atoms with Crippen molar-refractivity contribution in [2.75, 3.05) is 0 Å². The molecule has 0 aliphatic heterocycles. The van der Waals surface area contributed by atoms with Crippen LogP contribution < -0.4 is 32.4 Å². The maximum absolute atomic E-state index is 12.5. The van der Waals surface area contributed by atoms with E-state index in [4.69, 9.17) is 16.6 Å². The van der Waals surface area contributed by atoms with Gasteiger partial charge in [-0.2, -0.15) is 5.10 Å². The van der Waals surface area contributed by atoms with Crippen LogP contribution in [-0.2, 0) is 0 Å². The molecule has 3 aromatic rings. The molecule has 0 aliphatic carbocycles. The first-order chi connectivity index (χ1) is 15.5. The Kier molecular flexibility index (Phi) is 7.40. The normalized spacial score (nSPS) is 11.7. The minimum atomic E-state index is -0.698. The number of nitrogens with two attached hydrogens (primary N) is 3. The van der Waals surface area contributed by atoms with Crippen molar-refractivity contribution in [3.05, 3.63) is 83.7 Å². The topological polar surface area (TPSA) is 201 Å². The summed E-state index contributed by atoms with van der Waals surface area (Å²) in [5, 5.41) is 13.2. The summed E-state index contributed by atoms with van der Waals surface area (Å²) >= 11 is 0.838. The fraction of sp³-hybridized carbons (Fsp3) is 0. The molecule has 9 N–H and O–H groups in total. The van der Waals surface area contributed by atoms with Crippen LogP contribution in [0.3, 0.4) is 0 Å². The van der Waals surface area contributed by atoms with E-state index in [1.165, 1.54) is 12.1 Å². The van der Waals surface area contributed by atoms with Gasteiger partial charge in [-0.25, -0.2) is 20.8 Å². The maximum Gasteiger partial charge on any atom is 0.290 e. The number of pyridine rings is 3. The molecular weight excluding hydrogens is 432 g/mol. The van der Waals surface area contributed by atoms with Gasteiger partial charge in [0.1, 0.15) is 17.1 Å². The standard InChI is InChI=1S/C19H18N10O2S/c20-16(12-5-1-3-7-23-12)26-28-18(30)14-9-11(32-22)10-15(25-14)19(31)29-27-17(21)13-6-2-4-8-24-13/h1-10H,22H2,(H2,20,26)(H2,21,27)(H,28,30)(H,29,31)/p+1. The number of aromatic amines is 1. The van der Waals surface area contributed by atoms with E-state index in [0.717, 1.165) is 11.9 Å². The van der Waals surface area contributed by atoms with Crippen LogP contribution in [0.1, 0.15) is 32.4 Å². The van der Waals surface area contributed by atoms with Crippen molar-refractivity contribution in [3.63, 3.8) is 0 Å². The summed E-state index contributed by atoms with van der Waals surface area (Å²) in [7, 11) is 0. The van der Waals surface area contributed by atoms with Crippen molar-refractivity contribution < 1.29 is 14.6 Å². The zero-order chi connectivity index (χ0) is 22.9. The third-order valence-electron chi connectivity index (χ3n) is 3.87. The van der Waals surface area contributed by atoms with Crippen molar-refractivity contribution in [2.24, 2.45) is 26.8 Å². The van der Waals surface area contributed by atoms with E-state index < -0.39 is 11.8 Å². The highest BCUT2D eigenvalue weighted by Crippen LogP contribution is 2.15. The van der Waals surface area contributed by atoms with E-state index in [2.05, 4.69) is 36.0 Å². The van der Waals surface area contributed by atoms with Gasteiger partial charge in [0.15, 0.2) is 12.0 Å². The van der Waals surface area contributed by atoms with Gasteiger partial charge >= 0.3 is 0 Å². The Morgan fingerprint density at radius 3 is 2.12 bits per heavy atom. The van der Waals surface area contributed by atoms with Gasteiger partial charge in [-0.3, -0.25) is 19.7 Å². The molecule has 0 spiro atoms. The second-order valence-corrected chi connectivity index (χ2v) is 6.77. The Morgan fingerprint density at radius 2 is 1.56 bits per heavy atom. The fourth-order valence-electron chi connectivity index (χ4n) is 2.33. The molecule has 3 heterocycles. The average Bonchev–Trinajstić information content (AvgIpc) is 2.86. The number of hydrogen-bond donors (Lipinski definition) is 5. The number of nitrogens with zero attached hydrogens (tertiary/aromatic N) is 4. The molecule has 12 nitrogen and oxygen atoms in total. The van der Waals surface area contributed by atoms with Crippen LogP contribution in [0.15, 0.2) is 76.0 Å². The highest BCUT2D eigenvalue weighted by molar-refractivity contribution is 7.97. The summed E-state index contributed by atoms with van der Waals surface area (Å²) in [5.74, 6) is -1.33. The predicted octanol–water partition coefficient (Wildman–Crippen LogP) is -0.643. The van der Waals surface area contributed by atoms with Crippen molar-refractivity contribution in [3.8, 4) is 0 Å². The lowest BCUT2D eigenvalue weighted by molar-refractivity contribution is -0.380. The smallest absolute Gasteiger partial charge is 0.290 e. The lowest BCUT2D eigenvalue weighted by Gasteiger charge is -2.06. The van der Waals surface area contributed by atoms with E-state index in [1.54, 1.807) is 48.8 Å². The molecule has 2 amide bonds. The van der Waals surface area contributed by atoms with E-state index in [1.807, 2.05) is 0 Å².